The zero-order valence-electron chi connectivity index (χ0n) is 9.57. The van der Waals surface area contributed by atoms with Crippen LogP contribution in [0.5, 0.6) is 5.75 Å². The highest BCUT2D eigenvalue weighted by Gasteiger charge is 2.06. The van der Waals surface area contributed by atoms with Crippen LogP contribution in [0.25, 0.3) is 5.69 Å². The predicted octanol–water partition coefficient (Wildman–Crippen LogP) is 3.67. The van der Waals surface area contributed by atoms with E-state index in [0.717, 1.165) is 0 Å². The van der Waals surface area contributed by atoms with E-state index >= 15 is 0 Å². The van der Waals surface area contributed by atoms with Gasteiger partial charge in [0, 0.05) is 11.9 Å². The zero-order valence-corrected chi connectivity index (χ0v) is 10.4. The van der Waals surface area contributed by atoms with Gasteiger partial charge in [0.25, 0.3) is 0 Å². The Hall–Kier alpha value is -1.68. The van der Waals surface area contributed by atoms with Crippen LogP contribution in [0.1, 0.15) is 11.3 Å². The molecule has 1 aromatic carbocycles. The van der Waals surface area contributed by atoms with E-state index in [0.29, 0.717) is 21.5 Å². The Bertz CT molecular complexity index is 634. The average Bonchev–Trinajstić information content (AvgIpc) is 2.30. The highest BCUT2D eigenvalue weighted by Crippen LogP contribution is 2.22. The van der Waals surface area contributed by atoms with Crippen LogP contribution >= 0.6 is 12.2 Å². The van der Waals surface area contributed by atoms with Crippen LogP contribution in [0.4, 0.5) is 4.39 Å². The molecule has 0 saturated carbocycles. The van der Waals surface area contributed by atoms with Gasteiger partial charge in [0.1, 0.15) is 5.82 Å². The number of nitrogens with zero attached hydrogens (tertiary/aromatic N) is 1. The third-order valence-electron chi connectivity index (χ3n) is 2.75. The van der Waals surface area contributed by atoms with E-state index < -0.39 is 0 Å². The smallest absolute Gasteiger partial charge is 0.153 e. The Morgan fingerprint density at radius 2 is 1.94 bits per heavy atom. The molecule has 2 nitrogen and oxygen atoms in total. The molecule has 88 valence electrons. The molecule has 4 heteroatoms. The summed E-state index contributed by atoms with van der Waals surface area (Å²) < 4.78 is 15.6. The molecule has 0 aliphatic heterocycles. The van der Waals surface area contributed by atoms with E-state index in [4.69, 9.17) is 12.2 Å². The van der Waals surface area contributed by atoms with Crippen LogP contribution in [-0.4, -0.2) is 9.67 Å². The van der Waals surface area contributed by atoms with Crippen LogP contribution < -0.4 is 0 Å². The van der Waals surface area contributed by atoms with Crippen LogP contribution in [0.3, 0.4) is 0 Å². The van der Waals surface area contributed by atoms with Crippen molar-refractivity contribution >= 4 is 12.2 Å². The Morgan fingerprint density at radius 1 is 1.24 bits per heavy atom. The quantitative estimate of drug-likeness (QED) is 0.780. The summed E-state index contributed by atoms with van der Waals surface area (Å²) in [4.78, 5) is 0. The standard InChI is InChI=1S/C13H12FNOS/c1-8-3-4-10(7-11(8)14)15-6-5-12(17)13(16)9(15)2/h3-7,16H,1-2H3. The van der Waals surface area contributed by atoms with Gasteiger partial charge in [0.2, 0.25) is 0 Å². The van der Waals surface area contributed by atoms with Crippen molar-refractivity contribution in [2.45, 2.75) is 13.8 Å². The van der Waals surface area contributed by atoms with Crippen LogP contribution in [0.15, 0.2) is 30.5 Å². The molecule has 0 spiro atoms. The van der Waals surface area contributed by atoms with Crippen LogP contribution in [0, 0.1) is 24.2 Å². The van der Waals surface area contributed by atoms with Crippen molar-refractivity contribution in [2.75, 3.05) is 0 Å². The molecule has 0 unspecified atom stereocenters. The summed E-state index contributed by atoms with van der Waals surface area (Å²) in [5.74, 6) is -0.208. The SMILES string of the molecule is Cc1ccc(-n2ccc(=S)c(O)c2C)cc1F. The molecule has 0 amide bonds. The van der Waals surface area contributed by atoms with Crippen LogP contribution in [0.2, 0.25) is 0 Å². The molecule has 0 fully saturated rings. The van der Waals surface area contributed by atoms with E-state index in [2.05, 4.69) is 0 Å². The first-order valence-corrected chi connectivity index (χ1v) is 5.59. The summed E-state index contributed by atoms with van der Waals surface area (Å²) in [7, 11) is 0. The molecule has 1 N–H and O–H groups in total. The lowest BCUT2D eigenvalue weighted by atomic mass is 10.2. The van der Waals surface area contributed by atoms with Gasteiger partial charge in [-0.15, -0.1) is 0 Å². The fraction of sp³-hybridized carbons (Fsp3) is 0.154. The molecule has 0 aliphatic carbocycles. The second-order valence-electron chi connectivity index (χ2n) is 3.92. The topological polar surface area (TPSA) is 25.2 Å². The fourth-order valence-electron chi connectivity index (χ4n) is 1.64. The van der Waals surface area contributed by atoms with Gasteiger partial charge in [0.15, 0.2) is 5.75 Å². The molecule has 0 radical (unpaired) electrons. The van der Waals surface area contributed by atoms with Crippen molar-refractivity contribution in [3.8, 4) is 11.4 Å². The van der Waals surface area contributed by atoms with E-state index in [9.17, 15) is 9.50 Å². The predicted molar refractivity (Wildman–Crippen MR) is 67.7 cm³/mol. The minimum atomic E-state index is -0.267. The third-order valence-corrected chi connectivity index (χ3v) is 3.08. The van der Waals surface area contributed by atoms with Crippen molar-refractivity contribution in [3.63, 3.8) is 0 Å². The van der Waals surface area contributed by atoms with Gasteiger partial charge in [-0.3, -0.25) is 0 Å². The maximum absolute atomic E-state index is 13.5. The molecule has 2 aromatic rings. The number of aromatic nitrogens is 1. The largest absolute Gasteiger partial charge is 0.505 e. The maximum atomic E-state index is 13.5. The lowest BCUT2D eigenvalue weighted by Gasteiger charge is -2.12. The molecular weight excluding hydrogens is 237 g/mol. The first-order chi connectivity index (χ1) is 8.00. The van der Waals surface area contributed by atoms with E-state index in [-0.39, 0.29) is 11.6 Å². The number of hydrogen-bond donors (Lipinski definition) is 1. The molecule has 0 bridgehead atoms. The second-order valence-corrected chi connectivity index (χ2v) is 4.36. The van der Waals surface area contributed by atoms with E-state index in [1.54, 1.807) is 42.8 Å². The molecular formula is C13H12FNOS. The highest BCUT2D eigenvalue weighted by molar-refractivity contribution is 7.71. The van der Waals surface area contributed by atoms with Gasteiger partial charge < -0.3 is 9.67 Å². The summed E-state index contributed by atoms with van der Waals surface area (Å²) in [5.41, 5.74) is 1.85. The van der Waals surface area contributed by atoms with Gasteiger partial charge in [0.05, 0.1) is 10.2 Å². The van der Waals surface area contributed by atoms with Crippen LogP contribution in [-0.2, 0) is 0 Å². The summed E-state index contributed by atoms with van der Waals surface area (Å²) in [6.45, 7) is 3.45. The molecule has 17 heavy (non-hydrogen) atoms. The first-order valence-electron chi connectivity index (χ1n) is 5.18. The molecule has 0 aliphatic rings. The number of pyridine rings is 1. The normalized spacial score (nSPS) is 10.5. The number of halogens is 1. The van der Waals surface area contributed by atoms with E-state index in [1.165, 1.54) is 6.07 Å². The molecule has 0 atom stereocenters. The lowest BCUT2D eigenvalue weighted by molar-refractivity contribution is 0.462. The van der Waals surface area contributed by atoms with Crippen molar-refractivity contribution in [3.05, 3.63) is 52.0 Å². The van der Waals surface area contributed by atoms with Crippen molar-refractivity contribution < 1.29 is 9.50 Å². The summed E-state index contributed by atoms with van der Waals surface area (Å²) >= 11 is 4.96. The fourth-order valence-corrected chi connectivity index (χ4v) is 1.85. The van der Waals surface area contributed by atoms with Gasteiger partial charge in [-0.1, -0.05) is 18.3 Å². The first kappa shape index (κ1) is 11.8. The lowest BCUT2D eigenvalue weighted by Crippen LogP contribution is -2.01. The Balaban J connectivity index is 2.65. The van der Waals surface area contributed by atoms with Gasteiger partial charge in [-0.25, -0.2) is 4.39 Å². The number of aromatic hydroxyl groups is 1. The summed E-state index contributed by atoms with van der Waals surface area (Å²) in [6, 6.07) is 6.56. The maximum Gasteiger partial charge on any atom is 0.153 e. The van der Waals surface area contributed by atoms with E-state index in [1.807, 2.05) is 0 Å². The molecule has 2 rings (SSSR count). The van der Waals surface area contributed by atoms with Crippen molar-refractivity contribution in [1.82, 2.24) is 4.57 Å². The van der Waals surface area contributed by atoms with Crippen molar-refractivity contribution in [2.24, 2.45) is 0 Å². The zero-order chi connectivity index (χ0) is 12.6. The molecule has 1 aromatic heterocycles. The molecule has 0 saturated heterocycles. The third kappa shape index (κ3) is 2.08. The van der Waals surface area contributed by atoms with Crippen molar-refractivity contribution in [1.29, 1.82) is 0 Å². The van der Waals surface area contributed by atoms with Gasteiger partial charge in [-0.05, 0) is 37.6 Å². The average molecular weight is 249 g/mol. The summed E-state index contributed by atoms with van der Waals surface area (Å²) in [5, 5.41) is 9.75. The minimum absolute atomic E-state index is 0.0588. The molecule has 1 heterocycles. The van der Waals surface area contributed by atoms with Gasteiger partial charge in [-0.2, -0.15) is 0 Å². The highest BCUT2D eigenvalue weighted by atomic mass is 32.1. The number of rotatable bonds is 1. The Kier molecular flexibility index (Phi) is 2.98. The number of aryl methyl sites for hydroxylation is 1. The Morgan fingerprint density at radius 3 is 2.59 bits per heavy atom. The second kappa shape index (κ2) is 4.30. The number of benzene rings is 1. The minimum Gasteiger partial charge on any atom is -0.505 e. The Labute approximate surface area is 104 Å². The van der Waals surface area contributed by atoms with Gasteiger partial charge >= 0.3 is 0 Å². The number of hydrogen-bond acceptors (Lipinski definition) is 2. The monoisotopic (exact) mass is 249 g/mol. The summed E-state index contributed by atoms with van der Waals surface area (Å²) in [6.07, 6.45) is 1.72.